The summed E-state index contributed by atoms with van der Waals surface area (Å²) in [5.74, 6) is 0.0878. The first kappa shape index (κ1) is 8.65. The largest absolute Gasteiger partial charge is 0.358 e. The van der Waals surface area contributed by atoms with Gasteiger partial charge < -0.3 is 4.98 Å². The van der Waals surface area contributed by atoms with Crippen LogP contribution in [0.25, 0.3) is 0 Å². The number of carbonyl (C=O) groups is 2. The molecule has 0 saturated carbocycles. The van der Waals surface area contributed by atoms with Crippen LogP contribution >= 0.6 is 0 Å². The number of fused-ring (bicyclic) bond motifs is 1. The summed E-state index contributed by atoms with van der Waals surface area (Å²) in [6.07, 6.45) is 5.24. The Morgan fingerprint density at radius 3 is 2.40 bits per heavy atom. The van der Waals surface area contributed by atoms with Gasteiger partial charge in [-0.2, -0.15) is 0 Å². The number of aromatic nitrogens is 1. The average Bonchev–Trinajstić information content (AvgIpc) is 2.75. The molecule has 0 saturated heterocycles. The molecule has 3 heteroatoms. The lowest BCUT2D eigenvalue weighted by molar-refractivity contribution is 0.0962. The molecule has 0 unspecified atom stereocenters. The molecule has 0 radical (unpaired) electrons. The van der Waals surface area contributed by atoms with Crippen molar-refractivity contribution in [3.8, 4) is 0 Å². The first-order chi connectivity index (χ1) is 7.29. The maximum Gasteiger partial charge on any atom is 0.206 e. The van der Waals surface area contributed by atoms with Crippen LogP contribution in [0.1, 0.15) is 46.5 Å². The molecule has 0 fully saturated rings. The third-order valence-electron chi connectivity index (χ3n) is 3.23. The number of hydrogen-bond acceptors (Lipinski definition) is 2. The van der Waals surface area contributed by atoms with E-state index in [0.717, 1.165) is 36.8 Å². The Hall–Kier alpha value is -1.64. The molecule has 1 aromatic heterocycles. The third kappa shape index (κ3) is 1.06. The number of nitrogens with one attached hydrogen (secondary N) is 1. The number of carbonyl (C=O) groups excluding carboxylic acids is 2. The summed E-state index contributed by atoms with van der Waals surface area (Å²) in [5, 5.41) is 0. The van der Waals surface area contributed by atoms with Crippen molar-refractivity contribution in [2.24, 2.45) is 0 Å². The average molecular weight is 201 g/mol. The summed E-state index contributed by atoms with van der Waals surface area (Å²) in [7, 11) is 0. The molecule has 1 heterocycles. The van der Waals surface area contributed by atoms with Crippen molar-refractivity contribution in [2.45, 2.75) is 25.7 Å². The van der Waals surface area contributed by atoms with E-state index in [9.17, 15) is 9.59 Å². The Labute approximate surface area is 87.2 Å². The SMILES string of the molecule is O=C1C2=C(CCCC2)C(=O)c2[nH]ccc21. The molecular weight excluding hydrogens is 190 g/mol. The molecule has 1 aromatic rings. The van der Waals surface area contributed by atoms with E-state index in [0.29, 0.717) is 11.3 Å². The van der Waals surface area contributed by atoms with Gasteiger partial charge in [0.2, 0.25) is 5.78 Å². The van der Waals surface area contributed by atoms with Gasteiger partial charge in [-0.25, -0.2) is 0 Å². The van der Waals surface area contributed by atoms with Gasteiger partial charge in [-0.15, -0.1) is 0 Å². The molecule has 1 N–H and O–H groups in total. The zero-order valence-electron chi connectivity index (χ0n) is 8.30. The fourth-order valence-electron chi connectivity index (χ4n) is 2.47. The maximum atomic E-state index is 12.0. The lowest BCUT2D eigenvalue weighted by atomic mass is 9.80. The summed E-state index contributed by atoms with van der Waals surface area (Å²) in [4.78, 5) is 26.9. The number of Topliss-reactive ketones (excluding diaryl/α,β-unsaturated/α-hetero) is 2. The van der Waals surface area contributed by atoms with Gasteiger partial charge >= 0.3 is 0 Å². The lowest BCUT2D eigenvalue weighted by Gasteiger charge is -2.22. The minimum absolute atomic E-state index is 0.0318. The molecule has 3 rings (SSSR count). The van der Waals surface area contributed by atoms with Gasteiger partial charge in [0.15, 0.2) is 5.78 Å². The minimum atomic E-state index is 0.0318. The van der Waals surface area contributed by atoms with Gasteiger partial charge in [0, 0.05) is 17.3 Å². The van der Waals surface area contributed by atoms with Crippen molar-refractivity contribution in [1.82, 2.24) is 4.98 Å². The van der Waals surface area contributed by atoms with Gasteiger partial charge in [-0.05, 0) is 31.7 Å². The molecule has 15 heavy (non-hydrogen) atoms. The van der Waals surface area contributed by atoms with E-state index in [4.69, 9.17) is 0 Å². The smallest absolute Gasteiger partial charge is 0.206 e. The second-order valence-electron chi connectivity index (χ2n) is 4.09. The molecule has 0 bridgehead atoms. The molecule has 76 valence electrons. The fraction of sp³-hybridized carbons (Fsp3) is 0.333. The highest BCUT2D eigenvalue weighted by molar-refractivity contribution is 6.26. The number of allylic oxidation sites excluding steroid dienone is 2. The van der Waals surface area contributed by atoms with Crippen LogP contribution in [0.2, 0.25) is 0 Å². The summed E-state index contributed by atoms with van der Waals surface area (Å²) in [6, 6.07) is 1.70. The molecule has 0 aliphatic heterocycles. The number of aromatic amines is 1. The minimum Gasteiger partial charge on any atom is -0.358 e. The topological polar surface area (TPSA) is 49.9 Å². The van der Waals surface area contributed by atoms with Crippen LogP contribution in [-0.2, 0) is 0 Å². The van der Waals surface area contributed by atoms with Crippen molar-refractivity contribution >= 4 is 11.6 Å². The Balaban J connectivity index is 2.21. The van der Waals surface area contributed by atoms with E-state index in [1.165, 1.54) is 0 Å². The first-order valence-corrected chi connectivity index (χ1v) is 5.28. The number of rotatable bonds is 0. The molecule has 0 atom stereocenters. The molecule has 0 amide bonds. The van der Waals surface area contributed by atoms with Crippen molar-refractivity contribution in [3.63, 3.8) is 0 Å². The van der Waals surface area contributed by atoms with E-state index in [2.05, 4.69) is 4.98 Å². The lowest BCUT2D eigenvalue weighted by Crippen LogP contribution is -2.23. The van der Waals surface area contributed by atoms with E-state index in [-0.39, 0.29) is 11.6 Å². The van der Waals surface area contributed by atoms with Crippen LogP contribution in [-0.4, -0.2) is 16.6 Å². The predicted molar refractivity (Wildman–Crippen MR) is 54.9 cm³/mol. The van der Waals surface area contributed by atoms with Gasteiger partial charge in [0.1, 0.15) is 0 Å². The second kappa shape index (κ2) is 2.92. The quantitative estimate of drug-likeness (QED) is 0.700. The van der Waals surface area contributed by atoms with Crippen molar-refractivity contribution < 1.29 is 9.59 Å². The Morgan fingerprint density at radius 1 is 1.00 bits per heavy atom. The van der Waals surface area contributed by atoms with E-state index < -0.39 is 0 Å². The van der Waals surface area contributed by atoms with Gasteiger partial charge in [0.25, 0.3) is 0 Å². The van der Waals surface area contributed by atoms with Gasteiger partial charge in [-0.1, -0.05) is 0 Å². The van der Waals surface area contributed by atoms with Crippen LogP contribution in [0, 0.1) is 0 Å². The van der Waals surface area contributed by atoms with Gasteiger partial charge in [0.05, 0.1) is 11.3 Å². The van der Waals surface area contributed by atoms with Crippen LogP contribution in [0.4, 0.5) is 0 Å². The highest BCUT2D eigenvalue weighted by atomic mass is 16.1. The maximum absolute atomic E-state index is 12.0. The summed E-state index contributed by atoms with van der Waals surface area (Å²) >= 11 is 0. The van der Waals surface area contributed by atoms with Crippen LogP contribution in [0.3, 0.4) is 0 Å². The summed E-state index contributed by atoms with van der Waals surface area (Å²) < 4.78 is 0. The number of hydrogen-bond donors (Lipinski definition) is 1. The first-order valence-electron chi connectivity index (χ1n) is 5.28. The normalized spacial score (nSPS) is 20.3. The van der Waals surface area contributed by atoms with Crippen LogP contribution in [0.15, 0.2) is 23.4 Å². The zero-order chi connectivity index (χ0) is 10.4. The van der Waals surface area contributed by atoms with Crippen LogP contribution in [0.5, 0.6) is 0 Å². The zero-order valence-corrected chi connectivity index (χ0v) is 8.30. The summed E-state index contributed by atoms with van der Waals surface area (Å²) in [6.45, 7) is 0. The number of H-pyrrole nitrogens is 1. The molecule has 0 spiro atoms. The van der Waals surface area contributed by atoms with Crippen LogP contribution < -0.4 is 0 Å². The highest BCUT2D eigenvalue weighted by Gasteiger charge is 2.33. The molecule has 2 aliphatic carbocycles. The Kier molecular flexibility index (Phi) is 1.69. The van der Waals surface area contributed by atoms with E-state index >= 15 is 0 Å². The Bertz CT molecular complexity index is 451. The standard InChI is InChI=1S/C12H11NO2/c14-11-7-3-1-2-4-8(7)12(15)10-9(11)5-6-13-10/h5-6,13H,1-4H2. The molecule has 0 aromatic carbocycles. The third-order valence-corrected chi connectivity index (χ3v) is 3.23. The van der Waals surface area contributed by atoms with E-state index in [1.54, 1.807) is 12.3 Å². The monoisotopic (exact) mass is 201 g/mol. The second-order valence-corrected chi connectivity index (χ2v) is 4.09. The van der Waals surface area contributed by atoms with Crippen molar-refractivity contribution in [3.05, 3.63) is 34.7 Å². The molecule has 2 aliphatic rings. The predicted octanol–water partition coefficient (Wildman–Crippen LogP) is 2.26. The van der Waals surface area contributed by atoms with Crippen molar-refractivity contribution in [1.29, 1.82) is 0 Å². The molecular formula is C12H11NO2. The fourth-order valence-corrected chi connectivity index (χ4v) is 2.47. The Morgan fingerprint density at radius 2 is 1.67 bits per heavy atom. The van der Waals surface area contributed by atoms with Crippen molar-refractivity contribution in [2.75, 3.05) is 0 Å². The summed E-state index contributed by atoms with van der Waals surface area (Å²) in [5.41, 5.74) is 2.56. The molecule has 3 nitrogen and oxygen atoms in total. The number of ketones is 2. The van der Waals surface area contributed by atoms with Gasteiger partial charge in [-0.3, -0.25) is 9.59 Å². The highest BCUT2D eigenvalue weighted by Crippen LogP contribution is 2.34. The van der Waals surface area contributed by atoms with E-state index in [1.807, 2.05) is 0 Å².